The third-order valence-electron chi connectivity index (χ3n) is 2.73. The van der Waals surface area contributed by atoms with Crippen LogP contribution in [0.2, 0.25) is 0 Å². The molecule has 0 atom stereocenters. The lowest BCUT2D eigenvalue weighted by Gasteiger charge is -2.17. The molecule has 0 spiro atoms. The fourth-order valence-corrected chi connectivity index (χ4v) is 1.63. The van der Waals surface area contributed by atoms with E-state index in [2.05, 4.69) is 24.1 Å². The second-order valence-corrected chi connectivity index (χ2v) is 3.91. The Morgan fingerprint density at radius 1 is 0.933 bits per heavy atom. The van der Waals surface area contributed by atoms with Crippen LogP contribution in [0.15, 0.2) is 0 Å². The van der Waals surface area contributed by atoms with Crippen molar-refractivity contribution in [2.45, 2.75) is 39.5 Å². The van der Waals surface area contributed by atoms with Crippen molar-refractivity contribution in [3.05, 3.63) is 0 Å². The first kappa shape index (κ1) is 14.9. The molecule has 15 heavy (non-hydrogen) atoms. The Balaban J connectivity index is 3.04. The van der Waals surface area contributed by atoms with Gasteiger partial charge >= 0.3 is 0 Å². The Kier molecular flexibility index (Phi) is 11.9. The summed E-state index contributed by atoms with van der Waals surface area (Å²) in [6.45, 7) is 10.5. The van der Waals surface area contributed by atoms with Crippen LogP contribution in [0.25, 0.3) is 0 Å². The Morgan fingerprint density at radius 3 is 2.20 bits per heavy atom. The highest BCUT2D eigenvalue weighted by molar-refractivity contribution is 4.55. The van der Waals surface area contributed by atoms with Crippen molar-refractivity contribution in [1.29, 1.82) is 0 Å². The van der Waals surface area contributed by atoms with Gasteiger partial charge in [-0.2, -0.15) is 0 Å². The lowest BCUT2D eigenvalue weighted by molar-refractivity contribution is 0.282. The zero-order valence-electron chi connectivity index (χ0n) is 10.5. The van der Waals surface area contributed by atoms with Gasteiger partial charge in [0.1, 0.15) is 0 Å². The van der Waals surface area contributed by atoms with Crippen LogP contribution in [0.5, 0.6) is 0 Å². The summed E-state index contributed by atoms with van der Waals surface area (Å²) in [4.78, 5) is 2.45. The van der Waals surface area contributed by atoms with Gasteiger partial charge in [-0.1, -0.05) is 13.8 Å². The molecule has 0 aromatic carbocycles. The highest BCUT2D eigenvalue weighted by Crippen LogP contribution is 1.93. The van der Waals surface area contributed by atoms with Gasteiger partial charge in [-0.15, -0.1) is 0 Å². The summed E-state index contributed by atoms with van der Waals surface area (Å²) in [5.74, 6) is 0. The molecule has 0 rings (SSSR count). The minimum atomic E-state index is 0.335. The van der Waals surface area contributed by atoms with E-state index in [1.165, 1.54) is 19.4 Å². The van der Waals surface area contributed by atoms with Crippen LogP contribution in [0.3, 0.4) is 0 Å². The molecule has 3 heteroatoms. The topological polar surface area (TPSA) is 35.5 Å². The maximum Gasteiger partial charge on any atom is 0.0431 e. The van der Waals surface area contributed by atoms with Gasteiger partial charge in [-0.25, -0.2) is 0 Å². The molecule has 0 saturated heterocycles. The lowest BCUT2D eigenvalue weighted by Crippen LogP contribution is -2.27. The second kappa shape index (κ2) is 12.0. The molecular formula is C12H28N2O. The summed E-state index contributed by atoms with van der Waals surface area (Å²) in [6.07, 6.45) is 4.51. The highest BCUT2D eigenvalue weighted by atomic mass is 16.2. The fraction of sp³-hybridized carbons (Fsp3) is 1.00. The molecule has 0 unspecified atom stereocenters. The van der Waals surface area contributed by atoms with Crippen molar-refractivity contribution in [2.24, 2.45) is 0 Å². The Labute approximate surface area is 94.9 Å². The van der Waals surface area contributed by atoms with Gasteiger partial charge in [0.05, 0.1) is 0 Å². The molecule has 3 nitrogen and oxygen atoms in total. The number of nitrogens with one attached hydrogen (secondary N) is 1. The maximum absolute atomic E-state index is 8.60. The summed E-state index contributed by atoms with van der Waals surface area (Å²) < 4.78 is 0. The summed E-state index contributed by atoms with van der Waals surface area (Å²) in [7, 11) is 0. The van der Waals surface area contributed by atoms with Crippen LogP contribution in [-0.4, -0.2) is 49.3 Å². The van der Waals surface area contributed by atoms with E-state index in [1.54, 1.807) is 0 Å². The van der Waals surface area contributed by atoms with Gasteiger partial charge in [-0.3, -0.25) is 0 Å². The fourth-order valence-electron chi connectivity index (χ4n) is 1.63. The third kappa shape index (κ3) is 10.2. The normalized spacial score (nSPS) is 11.2. The molecule has 0 heterocycles. The molecular weight excluding hydrogens is 188 g/mol. The lowest BCUT2D eigenvalue weighted by atomic mass is 10.2. The smallest absolute Gasteiger partial charge is 0.0431 e. The average Bonchev–Trinajstić information content (AvgIpc) is 2.27. The van der Waals surface area contributed by atoms with Crippen molar-refractivity contribution in [2.75, 3.05) is 39.3 Å². The second-order valence-electron chi connectivity index (χ2n) is 3.91. The minimum absolute atomic E-state index is 0.335. The molecule has 0 amide bonds. The first-order valence-electron chi connectivity index (χ1n) is 6.39. The van der Waals surface area contributed by atoms with E-state index in [0.29, 0.717) is 6.61 Å². The van der Waals surface area contributed by atoms with Crippen LogP contribution in [-0.2, 0) is 0 Å². The third-order valence-corrected chi connectivity index (χ3v) is 2.73. The standard InChI is InChI=1S/C12H28N2O/c1-3-14(4-2)11-8-10-13-9-6-5-7-12-15/h13,15H,3-12H2,1-2H3. The number of aliphatic hydroxyl groups excluding tert-OH is 1. The largest absolute Gasteiger partial charge is 0.396 e. The number of nitrogens with zero attached hydrogens (tertiary/aromatic N) is 1. The van der Waals surface area contributed by atoms with E-state index in [9.17, 15) is 0 Å². The zero-order chi connectivity index (χ0) is 11.4. The van der Waals surface area contributed by atoms with Gasteiger partial charge in [0.15, 0.2) is 0 Å². The van der Waals surface area contributed by atoms with Gasteiger partial charge in [0.2, 0.25) is 0 Å². The highest BCUT2D eigenvalue weighted by Gasteiger charge is 1.97. The molecule has 92 valence electrons. The molecule has 0 bridgehead atoms. The number of hydrogen-bond acceptors (Lipinski definition) is 3. The SMILES string of the molecule is CCN(CC)CCCNCCCCCO. The van der Waals surface area contributed by atoms with Crippen molar-refractivity contribution < 1.29 is 5.11 Å². The predicted octanol–water partition coefficient (Wildman–Crippen LogP) is 1.47. The molecule has 0 aliphatic heterocycles. The number of hydrogen-bond donors (Lipinski definition) is 2. The molecule has 0 aromatic heterocycles. The molecule has 0 aliphatic rings. The zero-order valence-corrected chi connectivity index (χ0v) is 10.5. The molecule has 0 saturated carbocycles. The summed E-state index contributed by atoms with van der Waals surface area (Å²) in [5.41, 5.74) is 0. The van der Waals surface area contributed by atoms with Gasteiger partial charge < -0.3 is 15.3 Å². The molecule has 2 N–H and O–H groups in total. The quantitative estimate of drug-likeness (QED) is 0.513. The predicted molar refractivity (Wildman–Crippen MR) is 66.2 cm³/mol. The van der Waals surface area contributed by atoms with E-state index < -0.39 is 0 Å². The Morgan fingerprint density at radius 2 is 1.60 bits per heavy atom. The average molecular weight is 216 g/mol. The van der Waals surface area contributed by atoms with E-state index in [4.69, 9.17) is 5.11 Å². The van der Waals surface area contributed by atoms with Crippen molar-refractivity contribution in [1.82, 2.24) is 10.2 Å². The van der Waals surface area contributed by atoms with E-state index in [0.717, 1.165) is 39.0 Å². The van der Waals surface area contributed by atoms with E-state index in [-0.39, 0.29) is 0 Å². The van der Waals surface area contributed by atoms with Crippen LogP contribution in [0.1, 0.15) is 39.5 Å². The van der Waals surface area contributed by atoms with Crippen molar-refractivity contribution in [3.63, 3.8) is 0 Å². The Hall–Kier alpha value is -0.120. The van der Waals surface area contributed by atoms with Crippen LogP contribution in [0, 0.1) is 0 Å². The Bertz CT molecular complexity index is 116. The molecule has 0 aliphatic carbocycles. The van der Waals surface area contributed by atoms with Gasteiger partial charge in [-0.05, 0) is 58.4 Å². The van der Waals surface area contributed by atoms with Crippen LogP contribution in [0.4, 0.5) is 0 Å². The minimum Gasteiger partial charge on any atom is -0.396 e. The number of aliphatic hydroxyl groups is 1. The van der Waals surface area contributed by atoms with Gasteiger partial charge in [0.25, 0.3) is 0 Å². The summed E-state index contributed by atoms with van der Waals surface area (Å²) in [5, 5.41) is 12.0. The first-order chi connectivity index (χ1) is 7.35. The van der Waals surface area contributed by atoms with Crippen molar-refractivity contribution in [3.8, 4) is 0 Å². The monoisotopic (exact) mass is 216 g/mol. The van der Waals surface area contributed by atoms with Crippen LogP contribution < -0.4 is 5.32 Å². The van der Waals surface area contributed by atoms with E-state index in [1.807, 2.05) is 0 Å². The van der Waals surface area contributed by atoms with E-state index >= 15 is 0 Å². The molecule has 0 aromatic rings. The molecule has 0 radical (unpaired) electrons. The number of rotatable bonds is 11. The summed E-state index contributed by atoms with van der Waals surface area (Å²) >= 11 is 0. The van der Waals surface area contributed by atoms with Crippen molar-refractivity contribution >= 4 is 0 Å². The van der Waals surface area contributed by atoms with Gasteiger partial charge in [0, 0.05) is 6.61 Å². The number of unbranched alkanes of at least 4 members (excludes halogenated alkanes) is 2. The van der Waals surface area contributed by atoms with Crippen LogP contribution >= 0.6 is 0 Å². The summed E-state index contributed by atoms with van der Waals surface area (Å²) in [6, 6.07) is 0. The first-order valence-corrected chi connectivity index (χ1v) is 6.39. The maximum atomic E-state index is 8.60. The molecule has 0 fully saturated rings.